The van der Waals surface area contributed by atoms with Gasteiger partial charge in [-0.3, -0.25) is 9.48 Å². The normalized spacial score (nSPS) is 15.9. The van der Waals surface area contributed by atoms with Gasteiger partial charge in [-0.2, -0.15) is 5.10 Å². The Morgan fingerprint density at radius 2 is 2.24 bits per heavy atom. The minimum absolute atomic E-state index is 0.0970. The smallest absolute Gasteiger partial charge is 0.228 e. The molecule has 1 aliphatic heterocycles. The van der Waals surface area contributed by atoms with Crippen molar-refractivity contribution in [3.63, 3.8) is 0 Å². The second kappa shape index (κ2) is 8.39. The molecule has 1 aromatic carbocycles. The Balaban J connectivity index is 1.49. The van der Waals surface area contributed by atoms with Crippen molar-refractivity contribution >= 4 is 17.2 Å². The number of aliphatic hydroxyl groups is 1. The van der Waals surface area contributed by atoms with Crippen molar-refractivity contribution in [2.75, 3.05) is 13.2 Å². The van der Waals surface area contributed by atoms with E-state index in [0.29, 0.717) is 39.1 Å². The lowest BCUT2D eigenvalue weighted by atomic mass is 9.91. The molecule has 0 unspecified atom stereocenters. The first kappa shape index (κ1) is 19.7. The number of amides is 1. The van der Waals surface area contributed by atoms with Crippen LogP contribution < -0.4 is 4.74 Å². The summed E-state index contributed by atoms with van der Waals surface area (Å²) in [7, 11) is 0. The van der Waals surface area contributed by atoms with Crippen LogP contribution in [0.3, 0.4) is 0 Å². The minimum atomic E-state index is -1.00. The van der Waals surface area contributed by atoms with Gasteiger partial charge in [-0.1, -0.05) is 12.1 Å². The molecule has 3 aromatic rings. The molecule has 1 N–H and O–H groups in total. The van der Waals surface area contributed by atoms with Gasteiger partial charge in [0.2, 0.25) is 5.91 Å². The molecule has 0 fully saturated rings. The number of rotatable bonds is 6. The highest BCUT2D eigenvalue weighted by Crippen LogP contribution is 2.31. The van der Waals surface area contributed by atoms with Crippen molar-refractivity contribution in [3.05, 3.63) is 70.2 Å². The fourth-order valence-corrected chi connectivity index (χ4v) is 4.22. The summed E-state index contributed by atoms with van der Waals surface area (Å²) in [5.74, 6) is 0.878. The number of thiophene rings is 1. The summed E-state index contributed by atoms with van der Waals surface area (Å²) in [6.07, 6.45) is 4.57. The maximum absolute atomic E-state index is 12.8. The Kier molecular flexibility index (Phi) is 5.69. The molecule has 0 saturated carbocycles. The Bertz CT molecular complexity index is 952. The third-order valence-corrected chi connectivity index (χ3v) is 6.18. The van der Waals surface area contributed by atoms with E-state index in [0.717, 1.165) is 21.8 Å². The topological polar surface area (TPSA) is 67.6 Å². The van der Waals surface area contributed by atoms with Crippen molar-refractivity contribution in [2.24, 2.45) is 0 Å². The van der Waals surface area contributed by atoms with Crippen LogP contribution >= 0.6 is 11.3 Å². The maximum atomic E-state index is 12.8. The first-order chi connectivity index (χ1) is 14.0. The molecule has 1 amide bonds. The van der Waals surface area contributed by atoms with Crippen LogP contribution in [0.1, 0.15) is 29.3 Å². The second-order valence-electron chi connectivity index (χ2n) is 7.54. The van der Waals surface area contributed by atoms with E-state index < -0.39 is 5.60 Å². The number of ether oxygens (including phenoxy) is 1. The quantitative estimate of drug-likeness (QED) is 0.676. The largest absolute Gasteiger partial charge is 0.491 e. The van der Waals surface area contributed by atoms with E-state index >= 15 is 0 Å². The van der Waals surface area contributed by atoms with E-state index in [1.807, 2.05) is 64.5 Å². The van der Waals surface area contributed by atoms with Gasteiger partial charge in [-0.15, -0.1) is 11.3 Å². The van der Waals surface area contributed by atoms with Crippen LogP contribution in [0.5, 0.6) is 5.75 Å². The number of carbonyl (C=O) groups excluding carboxylic acids is 1. The number of aryl methyl sites for hydroxylation is 1. The summed E-state index contributed by atoms with van der Waals surface area (Å²) in [6, 6.07) is 11.6. The molecule has 0 aliphatic carbocycles. The molecule has 0 spiro atoms. The lowest BCUT2D eigenvalue weighted by molar-refractivity contribution is -0.131. The van der Waals surface area contributed by atoms with Crippen LogP contribution in [-0.2, 0) is 29.9 Å². The molecule has 29 heavy (non-hydrogen) atoms. The van der Waals surface area contributed by atoms with Gasteiger partial charge in [-0.25, -0.2) is 0 Å². The van der Waals surface area contributed by atoms with E-state index in [4.69, 9.17) is 4.74 Å². The van der Waals surface area contributed by atoms with Gasteiger partial charge in [0.25, 0.3) is 0 Å². The van der Waals surface area contributed by atoms with Crippen LogP contribution in [0.25, 0.3) is 0 Å². The van der Waals surface area contributed by atoms with Crippen LogP contribution in [0, 0.1) is 0 Å². The number of benzene rings is 1. The zero-order valence-corrected chi connectivity index (χ0v) is 17.3. The molecule has 4 rings (SSSR count). The van der Waals surface area contributed by atoms with E-state index in [-0.39, 0.29) is 5.91 Å². The SMILES string of the molecule is C[C@](O)(CCn1cccn1)c1ccc2c(c1)CN(C(=O)Cc1cccs1)CCO2. The molecule has 7 heteroatoms. The lowest BCUT2D eigenvalue weighted by Crippen LogP contribution is -2.33. The molecule has 1 aliphatic rings. The van der Waals surface area contributed by atoms with Crippen LogP contribution in [0.4, 0.5) is 0 Å². The Morgan fingerprint density at radius 1 is 1.34 bits per heavy atom. The third-order valence-electron chi connectivity index (χ3n) is 5.31. The standard InChI is InChI=1S/C22H25N3O3S/c1-22(27,7-10-25-9-3-8-23-25)18-5-6-20-17(14-18)16-24(11-12-28-20)21(26)15-19-4-2-13-29-19/h2-6,8-9,13-14,27H,7,10-12,15-16H2,1H3/t22-/m0/s1. The molecule has 6 nitrogen and oxygen atoms in total. The van der Waals surface area contributed by atoms with Crippen molar-refractivity contribution in [3.8, 4) is 5.75 Å². The monoisotopic (exact) mass is 411 g/mol. The van der Waals surface area contributed by atoms with Crippen molar-refractivity contribution in [1.29, 1.82) is 0 Å². The Morgan fingerprint density at radius 3 is 3.00 bits per heavy atom. The van der Waals surface area contributed by atoms with Gasteiger partial charge in [0, 0.05) is 35.9 Å². The molecular formula is C22H25N3O3S. The first-order valence-electron chi connectivity index (χ1n) is 9.77. The zero-order valence-electron chi connectivity index (χ0n) is 16.5. The van der Waals surface area contributed by atoms with Crippen molar-refractivity contribution in [2.45, 2.75) is 38.5 Å². The zero-order chi connectivity index (χ0) is 20.3. The third kappa shape index (κ3) is 4.68. The van der Waals surface area contributed by atoms with Gasteiger partial charge < -0.3 is 14.7 Å². The summed E-state index contributed by atoms with van der Waals surface area (Å²) in [6.45, 7) is 3.96. The number of carbonyl (C=O) groups is 1. The Labute approximate surface area is 174 Å². The highest BCUT2D eigenvalue weighted by atomic mass is 32.1. The number of fused-ring (bicyclic) bond motifs is 1. The van der Waals surface area contributed by atoms with Gasteiger partial charge in [0.15, 0.2) is 0 Å². The van der Waals surface area contributed by atoms with E-state index in [9.17, 15) is 9.90 Å². The average Bonchev–Trinajstić information content (AvgIpc) is 3.36. The summed E-state index contributed by atoms with van der Waals surface area (Å²) >= 11 is 1.60. The molecule has 0 bridgehead atoms. The summed E-state index contributed by atoms with van der Waals surface area (Å²) in [5, 5.41) is 17.2. The second-order valence-corrected chi connectivity index (χ2v) is 8.57. The maximum Gasteiger partial charge on any atom is 0.228 e. The van der Waals surface area contributed by atoms with Crippen molar-refractivity contribution < 1.29 is 14.6 Å². The number of hydrogen-bond acceptors (Lipinski definition) is 5. The van der Waals surface area contributed by atoms with E-state index in [1.54, 1.807) is 17.5 Å². The number of nitrogens with zero attached hydrogens (tertiary/aromatic N) is 3. The predicted molar refractivity (Wildman–Crippen MR) is 112 cm³/mol. The summed E-state index contributed by atoms with van der Waals surface area (Å²) in [5.41, 5.74) is 0.748. The molecule has 0 radical (unpaired) electrons. The first-order valence-corrected chi connectivity index (χ1v) is 10.7. The van der Waals surface area contributed by atoms with E-state index in [1.165, 1.54) is 0 Å². The molecule has 0 saturated heterocycles. The molecule has 1 atom stereocenters. The summed E-state index contributed by atoms with van der Waals surface area (Å²) in [4.78, 5) is 15.7. The molecule has 2 aromatic heterocycles. The lowest BCUT2D eigenvalue weighted by Gasteiger charge is -2.25. The fourth-order valence-electron chi connectivity index (χ4n) is 3.53. The van der Waals surface area contributed by atoms with Crippen molar-refractivity contribution in [1.82, 2.24) is 14.7 Å². The van der Waals surface area contributed by atoms with E-state index in [2.05, 4.69) is 5.10 Å². The van der Waals surface area contributed by atoms with Crippen LogP contribution in [0.2, 0.25) is 0 Å². The van der Waals surface area contributed by atoms with Gasteiger partial charge in [0.1, 0.15) is 12.4 Å². The fraction of sp³-hybridized carbons (Fsp3) is 0.364. The summed E-state index contributed by atoms with van der Waals surface area (Å²) < 4.78 is 7.68. The predicted octanol–water partition coefficient (Wildman–Crippen LogP) is 3.21. The van der Waals surface area contributed by atoms with Crippen LogP contribution in [0.15, 0.2) is 54.2 Å². The average molecular weight is 412 g/mol. The van der Waals surface area contributed by atoms with Gasteiger partial charge >= 0.3 is 0 Å². The van der Waals surface area contributed by atoms with Gasteiger partial charge in [-0.05, 0) is 48.6 Å². The van der Waals surface area contributed by atoms with Crippen LogP contribution in [-0.4, -0.2) is 38.8 Å². The minimum Gasteiger partial charge on any atom is -0.491 e. The Hall–Kier alpha value is -2.64. The highest BCUT2D eigenvalue weighted by Gasteiger charge is 2.26. The number of aromatic nitrogens is 2. The molecule has 152 valence electrons. The molecular weight excluding hydrogens is 386 g/mol. The van der Waals surface area contributed by atoms with Gasteiger partial charge in [0.05, 0.1) is 18.6 Å². The molecule has 3 heterocycles. The highest BCUT2D eigenvalue weighted by molar-refractivity contribution is 7.10. The number of hydrogen-bond donors (Lipinski definition) is 1.